The van der Waals surface area contributed by atoms with Gasteiger partial charge in [0.15, 0.2) is 23.0 Å². The number of hydrogen-bond acceptors (Lipinski definition) is 8. The molecular weight excluding hydrogens is 510 g/mol. The highest BCUT2D eigenvalue weighted by molar-refractivity contribution is 7.92. The molecule has 3 rings (SSSR count). The van der Waals surface area contributed by atoms with E-state index in [2.05, 4.69) is 4.72 Å². The van der Waals surface area contributed by atoms with Gasteiger partial charge in [-0.1, -0.05) is 23.8 Å². The molecule has 0 atom stereocenters. The average molecular weight is 536 g/mol. The second-order valence-electron chi connectivity index (χ2n) is 7.31. The molecule has 0 bridgehead atoms. The largest absolute Gasteiger partial charge is 0.503 e. The van der Waals surface area contributed by atoms with Crippen LogP contribution in [0.3, 0.4) is 0 Å². The smallest absolute Gasteiger partial charge is 0.262 e. The van der Waals surface area contributed by atoms with Crippen molar-refractivity contribution in [1.82, 2.24) is 0 Å². The van der Waals surface area contributed by atoms with E-state index in [1.54, 1.807) is 30.4 Å². The van der Waals surface area contributed by atoms with Crippen LogP contribution >= 0.6 is 11.6 Å². The van der Waals surface area contributed by atoms with E-state index in [4.69, 9.17) is 35.3 Å². The van der Waals surface area contributed by atoms with Gasteiger partial charge in [-0.15, -0.1) is 0 Å². The van der Waals surface area contributed by atoms with Crippen molar-refractivity contribution < 1.29 is 37.2 Å². The number of rotatable bonds is 10. The molecule has 0 spiro atoms. The average Bonchev–Trinajstić information content (AvgIpc) is 2.87. The first-order valence-electron chi connectivity index (χ1n) is 10.4. The number of anilines is 1. The van der Waals surface area contributed by atoms with E-state index in [1.807, 2.05) is 0 Å². The zero-order chi connectivity index (χ0) is 26.5. The summed E-state index contributed by atoms with van der Waals surface area (Å²) in [6.45, 7) is 0. The number of phenols is 1. The van der Waals surface area contributed by atoms with Crippen LogP contribution in [0.15, 0.2) is 47.4 Å². The lowest BCUT2D eigenvalue weighted by Crippen LogP contribution is -2.13. The Hall–Kier alpha value is -3.76. The highest BCUT2D eigenvalue weighted by Gasteiger charge is 2.20. The lowest BCUT2D eigenvalue weighted by Gasteiger charge is -2.14. The molecule has 0 radical (unpaired) electrons. The highest BCUT2D eigenvalue weighted by Crippen LogP contribution is 2.40. The molecule has 36 heavy (non-hydrogen) atoms. The van der Waals surface area contributed by atoms with Crippen LogP contribution in [0, 0.1) is 0 Å². The maximum atomic E-state index is 13.0. The molecule has 192 valence electrons. The SMILES string of the molecule is COc1ccc(S(=O)(=O)Nc2cc(C=Cc3cc(OC)c(OC)c(OC)c3)cc(OC)c2O)cc1Cl. The minimum Gasteiger partial charge on any atom is -0.503 e. The number of benzene rings is 3. The summed E-state index contributed by atoms with van der Waals surface area (Å²) in [7, 11) is 3.25. The van der Waals surface area contributed by atoms with Crippen molar-refractivity contribution in [2.75, 3.05) is 40.3 Å². The first-order chi connectivity index (χ1) is 17.2. The van der Waals surface area contributed by atoms with Crippen molar-refractivity contribution in [2.45, 2.75) is 4.90 Å². The zero-order valence-electron chi connectivity index (χ0n) is 20.3. The maximum absolute atomic E-state index is 13.0. The fourth-order valence-electron chi connectivity index (χ4n) is 3.37. The van der Waals surface area contributed by atoms with E-state index in [0.29, 0.717) is 28.6 Å². The van der Waals surface area contributed by atoms with Gasteiger partial charge in [0, 0.05) is 0 Å². The van der Waals surface area contributed by atoms with Crippen LogP contribution in [0.2, 0.25) is 5.02 Å². The van der Waals surface area contributed by atoms with E-state index in [1.165, 1.54) is 59.8 Å². The van der Waals surface area contributed by atoms with E-state index in [0.717, 1.165) is 5.56 Å². The number of aromatic hydroxyl groups is 1. The molecule has 0 fully saturated rings. The van der Waals surface area contributed by atoms with Crippen LogP contribution in [0.4, 0.5) is 5.69 Å². The molecule has 0 aliphatic rings. The van der Waals surface area contributed by atoms with Crippen molar-refractivity contribution in [2.24, 2.45) is 0 Å². The molecule has 2 N–H and O–H groups in total. The third kappa shape index (κ3) is 5.72. The lowest BCUT2D eigenvalue weighted by atomic mass is 10.1. The molecule has 0 heterocycles. The van der Waals surface area contributed by atoms with Crippen LogP contribution in [-0.2, 0) is 10.0 Å². The van der Waals surface area contributed by atoms with Gasteiger partial charge >= 0.3 is 0 Å². The normalized spacial score (nSPS) is 11.3. The summed E-state index contributed by atoms with van der Waals surface area (Å²) in [6, 6.07) is 10.6. The van der Waals surface area contributed by atoms with Gasteiger partial charge in [0.25, 0.3) is 10.0 Å². The first-order valence-corrected chi connectivity index (χ1v) is 12.3. The summed E-state index contributed by atoms with van der Waals surface area (Å²) in [5.74, 6) is 1.45. The predicted octanol–water partition coefficient (Wildman–Crippen LogP) is 5.06. The number of phenolic OH excluding ortho intramolecular Hbond substituents is 1. The van der Waals surface area contributed by atoms with Crippen molar-refractivity contribution in [3.63, 3.8) is 0 Å². The topological polar surface area (TPSA) is 113 Å². The second-order valence-corrected chi connectivity index (χ2v) is 9.40. The first kappa shape index (κ1) is 26.8. The molecule has 0 saturated heterocycles. The van der Waals surface area contributed by atoms with Gasteiger partial charge in [0.2, 0.25) is 5.75 Å². The zero-order valence-corrected chi connectivity index (χ0v) is 21.9. The summed E-state index contributed by atoms with van der Waals surface area (Å²) in [4.78, 5) is -0.106. The van der Waals surface area contributed by atoms with Gasteiger partial charge in [0.1, 0.15) is 5.75 Å². The van der Waals surface area contributed by atoms with Crippen molar-refractivity contribution in [3.8, 4) is 34.5 Å². The van der Waals surface area contributed by atoms with Gasteiger partial charge in [-0.2, -0.15) is 0 Å². The Labute approximate surface area is 214 Å². The van der Waals surface area contributed by atoms with Gasteiger partial charge in [-0.3, -0.25) is 4.72 Å². The quantitative estimate of drug-likeness (QED) is 0.274. The summed E-state index contributed by atoms with van der Waals surface area (Å²) >= 11 is 6.08. The summed E-state index contributed by atoms with van der Waals surface area (Å²) in [5, 5.41) is 10.7. The Balaban J connectivity index is 1.99. The van der Waals surface area contributed by atoms with Crippen molar-refractivity contribution in [1.29, 1.82) is 0 Å². The van der Waals surface area contributed by atoms with Gasteiger partial charge < -0.3 is 28.8 Å². The van der Waals surface area contributed by atoms with E-state index in [9.17, 15) is 13.5 Å². The second kappa shape index (κ2) is 11.3. The molecule has 0 saturated carbocycles. The maximum Gasteiger partial charge on any atom is 0.262 e. The Morgan fingerprint density at radius 2 is 1.28 bits per heavy atom. The molecular formula is C25H26ClNO8S. The number of halogens is 1. The lowest BCUT2D eigenvalue weighted by molar-refractivity contribution is 0.324. The van der Waals surface area contributed by atoms with E-state index >= 15 is 0 Å². The molecule has 9 nitrogen and oxygen atoms in total. The Kier molecular flexibility index (Phi) is 8.44. The fraction of sp³-hybridized carbons (Fsp3) is 0.200. The molecule has 0 aliphatic heterocycles. The van der Waals surface area contributed by atoms with Crippen LogP contribution < -0.4 is 28.4 Å². The van der Waals surface area contributed by atoms with Crippen molar-refractivity contribution in [3.05, 3.63) is 58.6 Å². The molecule has 0 aliphatic carbocycles. The molecule has 11 heteroatoms. The van der Waals surface area contributed by atoms with Gasteiger partial charge in [-0.05, 0) is 53.6 Å². The van der Waals surface area contributed by atoms with Gasteiger partial charge in [0.05, 0.1) is 51.2 Å². The number of hydrogen-bond donors (Lipinski definition) is 2. The Morgan fingerprint density at radius 3 is 1.78 bits per heavy atom. The van der Waals surface area contributed by atoms with Crippen LogP contribution in [-0.4, -0.2) is 49.1 Å². The highest BCUT2D eigenvalue weighted by atomic mass is 35.5. The third-order valence-electron chi connectivity index (χ3n) is 5.15. The third-order valence-corrected chi connectivity index (χ3v) is 6.81. The van der Waals surface area contributed by atoms with Gasteiger partial charge in [-0.25, -0.2) is 8.42 Å². The Morgan fingerprint density at radius 1 is 0.750 bits per heavy atom. The Bertz CT molecular complexity index is 1360. The minimum absolute atomic E-state index is 0.0764. The fourth-order valence-corrected chi connectivity index (χ4v) is 4.77. The monoisotopic (exact) mass is 535 g/mol. The number of ether oxygens (including phenoxy) is 5. The molecule has 0 aromatic heterocycles. The van der Waals surface area contributed by atoms with E-state index < -0.39 is 10.0 Å². The van der Waals surface area contributed by atoms with Crippen molar-refractivity contribution >= 4 is 39.5 Å². The predicted molar refractivity (Wildman–Crippen MR) is 138 cm³/mol. The standard InChI is InChI=1S/C25H26ClNO8S/c1-31-20-9-8-17(14-18(20)26)36(29,30)27-19-10-15(11-21(32-2)24(19)28)6-7-16-12-22(33-3)25(35-5)23(13-16)34-4/h6-14,27-28H,1-5H3. The molecule has 3 aromatic carbocycles. The summed E-state index contributed by atoms with van der Waals surface area (Å²) < 4.78 is 54.7. The molecule has 0 amide bonds. The van der Waals surface area contributed by atoms with Crippen LogP contribution in [0.5, 0.6) is 34.5 Å². The minimum atomic E-state index is -4.09. The molecule has 0 unspecified atom stereocenters. The number of nitrogens with one attached hydrogen (secondary N) is 1. The number of sulfonamides is 1. The number of methoxy groups -OCH3 is 5. The summed E-state index contributed by atoms with van der Waals surface area (Å²) in [5.41, 5.74) is 1.20. The van der Waals surface area contributed by atoms with Crippen LogP contribution in [0.25, 0.3) is 12.2 Å². The van der Waals surface area contributed by atoms with Crippen LogP contribution in [0.1, 0.15) is 11.1 Å². The summed E-state index contributed by atoms with van der Waals surface area (Å²) in [6.07, 6.45) is 3.47. The molecule has 3 aromatic rings. The van der Waals surface area contributed by atoms with E-state index in [-0.39, 0.29) is 27.1 Å².